The minimum Gasteiger partial charge on any atom is -0.497 e. The molecule has 0 radical (unpaired) electrons. The van der Waals surface area contributed by atoms with E-state index in [1.807, 2.05) is 66.2 Å². The lowest BCUT2D eigenvalue weighted by Gasteiger charge is -2.12. The number of hydrogen-bond acceptors (Lipinski definition) is 4. The Bertz CT molecular complexity index is 1580. The molecule has 8 nitrogen and oxygen atoms in total. The van der Waals surface area contributed by atoms with E-state index in [9.17, 15) is 9.59 Å². The molecule has 2 aromatic carbocycles. The molecular formula is C23H21N5O3. The molecule has 3 heterocycles. The van der Waals surface area contributed by atoms with E-state index in [0.29, 0.717) is 16.9 Å². The maximum atomic E-state index is 13.0. The van der Waals surface area contributed by atoms with E-state index in [4.69, 9.17) is 9.72 Å². The van der Waals surface area contributed by atoms with Gasteiger partial charge in [0.1, 0.15) is 5.75 Å². The van der Waals surface area contributed by atoms with Gasteiger partial charge in [-0.1, -0.05) is 18.2 Å². The lowest BCUT2D eigenvalue weighted by molar-refractivity contribution is 0.415. The molecule has 0 aliphatic carbocycles. The molecule has 0 spiro atoms. The van der Waals surface area contributed by atoms with Gasteiger partial charge in [-0.2, -0.15) is 4.98 Å². The fraction of sp³-hybridized carbons (Fsp3) is 0.174. The molecule has 0 unspecified atom stereocenters. The summed E-state index contributed by atoms with van der Waals surface area (Å²) in [6, 6.07) is 15.7. The summed E-state index contributed by atoms with van der Waals surface area (Å²) in [6.45, 7) is 2.03. The third kappa shape index (κ3) is 2.64. The summed E-state index contributed by atoms with van der Waals surface area (Å²) in [5.74, 6) is 1.32. The van der Waals surface area contributed by atoms with Crippen LogP contribution in [0.1, 0.15) is 5.56 Å². The van der Waals surface area contributed by atoms with Crippen molar-refractivity contribution in [3.05, 3.63) is 81.1 Å². The van der Waals surface area contributed by atoms with Crippen LogP contribution in [-0.2, 0) is 14.1 Å². The van der Waals surface area contributed by atoms with E-state index >= 15 is 0 Å². The Morgan fingerprint density at radius 1 is 0.935 bits per heavy atom. The van der Waals surface area contributed by atoms with Crippen LogP contribution >= 0.6 is 0 Å². The van der Waals surface area contributed by atoms with Crippen LogP contribution in [0.25, 0.3) is 33.9 Å². The van der Waals surface area contributed by atoms with Gasteiger partial charge in [0.2, 0.25) is 5.78 Å². The van der Waals surface area contributed by atoms with E-state index in [1.165, 1.54) is 11.6 Å². The minimum absolute atomic E-state index is 0.353. The quantitative estimate of drug-likeness (QED) is 0.454. The molecular weight excluding hydrogens is 394 g/mol. The molecule has 0 aliphatic heterocycles. The van der Waals surface area contributed by atoms with Crippen LogP contribution in [0.15, 0.2) is 64.3 Å². The highest BCUT2D eigenvalue weighted by molar-refractivity contribution is 5.79. The third-order valence-electron chi connectivity index (χ3n) is 5.71. The molecule has 156 valence electrons. The second-order valence-electron chi connectivity index (χ2n) is 7.52. The maximum absolute atomic E-state index is 13.0. The average Bonchev–Trinajstić information content (AvgIpc) is 3.33. The van der Waals surface area contributed by atoms with Crippen molar-refractivity contribution in [1.29, 1.82) is 0 Å². The van der Waals surface area contributed by atoms with Crippen molar-refractivity contribution in [1.82, 2.24) is 23.1 Å². The van der Waals surface area contributed by atoms with E-state index in [1.54, 1.807) is 18.6 Å². The van der Waals surface area contributed by atoms with Gasteiger partial charge in [-0.15, -0.1) is 0 Å². The summed E-state index contributed by atoms with van der Waals surface area (Å²) in [5.41, 5.74) is 3.75. The molecule has 0 fully saturated rings. The van der Waals surface area contributed by atoms with Crippen molar-refractivity contribution in [3.63, 3.8) is 0 Å². The molecule has 0 saturated carbocycles. The van der Waals surface area contributed by atoms with E-state index in [2.05, 4.69) is 0 Å². The van der Waals surface area contributed by atoms with Crippen LogP contribution in [0.4, 0.5) is 0 Å². The predicted octanol–water partition coefficient (Wildman–Crippen LogP) is 2.66. The number of rotatable bonds is 3. The SMILES string of the molecule is COc1ccc(-c2cn3c4c(=O)n(C)c(=O)n(C)c4nc3n2-c2ccccc2C)cc1. The largest absolute Gasteiger partial charge is 0.497 e. The molecule has 0 aliphatic rings. The van der Waals surface area contributed by atoms with Crippen molar-refractivity contribution in [2.24, 2.45) is 14.1 Å². The topological polar surface area (TPSA) is 75.5 Å². The molecule has 8 heteroatoms. The van der Waals surface area contributed by atoms with Gasteiger partial charge >= 0.3 is 5.69 Å². The van der Waals surface area contributed by atoms with E-state index in [-0.39, 0.29) is 5.56 Å². The number of para-hydroxylation sites is 1. The van der Waals surface area contributed by atoms with Gasteiger partial charge < -0.3 is 4.74 Å². The normalized spacial score (nSPS) is 11.5. The molecule has 31 heavy (non-hydrogen) atoms. The van der Waals surface area contributed by atoms with Gasteiger partial charge in [-0.25, -0.2) is 4.79 Å². The molecule has 0 N–H and O–H groups in total. The Kier molecular flexibility index (Phi) is 4.11. The number of hydrogen-bond donors (Lipinski definition) is 0. The minimum atomic E-state index is -0.406. The van der Waals surface area contributed by atoms with Crippen molar-refractivity contribution < 1.29 is 4.74 Å². The first-order valence-electron chi connectivity index (χ1n) is 9.82. The highest BCUT2D eigenvalue weighted by atomic mass is 16.5. The van der Waals surface area contributed by atoms with Crippen molar-refractivity contribution >= 4 is 16.9 Å². The lowest BCUT2D eigenvalue weighted by atomic mass is 10.1. The second-order valence-corrected chi connectivity index (χ2v) is 7.52. The molecule has 5 rings (SSSR count). The fourth-order valence-corrected chi connectivity index (χ4v) is 3.99. The van der Waals surface area contributed by atoms with Gasteiger partial charge in [-0.05, 0) is 42.8 Å². The summed E-state index contributed by atoms with van der Waals surface area (Å²) in [7, 11) is 4.73. The molecule has 0 bridgehead atoms. The predicted molar refractivity (Wildman–Crippen MR) is 119 cm³/mol. The number of nitrogens with zero attached hydrogens (tertiary/aromatic N) is 5. The van der Waals surface area contributed by atoms with E-state index < -0.39 is 5.69 Å². The van der Waals surface area contributed by atoms with Crippen LogP contribution in [-0.4, -0.2) is 30.2 Å². The third-order valence-corrected chi connectivity index (χ3v) is 5.71. The number of benzene rings is 2. The van der Waals surface area contributed by atoms with Gasteiger partial charge in [-0.3, -0.25) is 22.9 Å². The lowest BCUT2D eigenvalue weighted by Crippen LogP contribution is -2.37. The van der Waals surface area contributed by atoms with Crippen LogP contribution in [0.2, 0.25) is 0 Å². The monoisotopic (exact) mass is 415 g/mol. The zero-order valence-electron chi connectivity index (χ0n) is 17.7. The zero-order chi connectivity index (χ0) is 21.9. The summed E-state index contributed by atoms with van der Waals surface area (Å²) < 4.78 is 11.6. The van der Waals surface area contributed by atoms with Gasteiger partial charge in [0, 0.05) is 25.9 Å². The number of ether oxygens (including phenoxy) is 1. The van der Waals surface area contributed by atoms with E-state index in [0.717, 1.165) is 32.8 Å². The number of methoxy groups -OCH3 is 1. The Labute approximate surface area is 177 Å². The first-order chi connectivity index (χ1) is 14.9. The number of aromatic nitrogens is 5. The first kappa shape index (κ1) is 18.9. The number of imidazole rings is 2. The van der Waals surface area contributed by atoms with Gasteiger partial charge in [0.05, 0.1) is 18.5 Å². The molecule has 0 atom stereocenters. The molecule has 3 aromatic heterocycles. The summed E-state index contributed by atoms with van der Waals surface area (Å²) in [4.78, 5) is 30.1. The van der Waals surface area contributed by atoms with Crippen LogP contribution in [0, 0.1) is 6.92 Å². The highest BCUT2D eigenvalue weighted by Crippen LogP contribution is 2.31. The zero-order valence-corrected chi connectivity index (χ0v) is 17.7. The fourth-order valence-electron chi connectivity index (χ4n) is 3.99. The van der Waals surface area contributed by atoms with Crippen LogP contribution < -0.4 is 16.0 Å². The molecule has 0 amide bonds. The Morgan fingerprint density at radius 2 is 1.65 bits per heavy atom. The summed E-state index contributed by atoms with van der Waals surface area (Å²) in [6.07, 6.45) is 1.89. The summed E-state index contributed by atoms with van der Waals surface area (Å²) >= 11 is 0. The Hall–Kier alpha value is -4.07. The van der Waals surface area contributed by atoms with Gasteiger partial charge in [0.25, 0.3) is 5.56 Å². The number of fused-ring (bicyclic) bond motifs is 3. The van der Waals surface area contributed by atoms with Crippen molar-refractivity contribution in [2.75, 3.05) is 7.11 Å². The number of aryl methyl sites for hydroxylation is 2. The highest BCUT2D eigenvalue weighted by Gasteiger charge is 2.22. The van der Waals surface area contributed by atoms with Crippen LogP contribution in [0.3, 0.4) is 0 Å². The average molecular weight is 415 g/mol. The Balaban J connectivity index is 1.95. The standard InChI is InChI=1S/C23H21N5O3/c1-14-7-5-6-8-17(14)28-18(15-9-11-16(31-4)12-10-15)13-27-19-20(24-22(27)28)25(2)23(30)26(3)21(19)29/h5-13H,1-4H3. The Morgan fingerprint density at radius 3 is 2.32 bits per heavy atom. The van der Waals surface area contributed by atoms with Crippen LogP contribution in [0.5, 0.6) is 5.75 Å². The second kappa shape index (κ2) is 6.73. The van der Waals surface area contributed by atoms with Crippen molar-refractivity contribution in [3.8, 4) is 22.7 Å². The molecule has 5 aromatic rings. The first-order valence-corrected chi connectivity index (χ1v) is 9.82. The van der Waals surface area contributed by atoms with Crippen molar-refractivity contribution in [2.45, 2.75) is 6.92 Å². The molecule has 0 saturated heterocycles. The van der Waals surface area contributed by atoms with Gasteiger partial charge in [0.15, 0.2) is 11.2 Å². The maximum Gasteiger partial charge on any atom is 0.332 e. The smallest absolute Gasteiger partial charge is 0.332 e. The summed E-state index contributed by atoms with van der Waals surface area (Å²) in [5, 5.41) is 0.